The average molecular weight is 228 g/mol. The van der Waals surface area contributed by atoms with Gasteiger partial charge in [-0.2, -0.15) is 0 Å². The topological polar surface area (TPSA) is 49.2 Å². The molecule has 0 saturated carbocycles. The lowest BCUT2D eigenvalue weighted by Gasteiger charge is -2.27. The molecule has 0 bridgehead atoms. The molecule has 1 aromatic rings. The Hall–Kier alpha value is -0.870. The molecule has 1 saturated heterocycles. The fraction of sp³-hybridized carbons (Fsp3) is 0.600. The van der Waals surface area contributed by atoms with Crippen LogP contribution in [0.25, 0.3) is 0 Å². The van der Waals surface area contributed by atoms with Gasteiger partial charge < -0.3 is 10.0 Å². The van der Waals surface area contributed by atoms with Crippen molar-refractivity contribution in [3.63, 3.8) is 0 Å². The van der Waals surface area contributed by atoms with Gasteiger partial charge in [-0.1, -0.05) is 11.6 Å². The number of aliphatic hydroxyl groups excluding tert-OH is 1. The van der Waals surface area contributed by atoms with Gasteiger partial charge >= 0.3 is 0 Å². The molecule has 5 heteroatoms. The second-order valence-corrected chi connectivity index (χ2v) is 4.17. The highest BCUT2D eigenvalue weighted by Crippen LogP contribution is 2.29. The number of halogens is 1. The van der Waals surface area contributed by atoms with Gasteiger partial charge in [0.15, 0.2) is 11.0 Å². The number of rotatable bonds is 2. The molecule has 82 valence electrons. The molecule has 1 aliphatic heterocycles. The molecule has 0 spiro atoms. The molecule has 1 fully saturated rings. The van der Waals surface area contributed by atoms with E-state index in [-0.39, 0.29) is 12.1 Å². The molecule has 0 amide bonds. The van der Waals surface area contributed by atoms with Crippen LogP contribution in [0, 0.1) is 0 Å². The fourth-order valence-electron chi connectivity index (χ4n) is 2.06. The first-order valence-corrected chi connectivity index (χ1v) is 5.49. The molecule has 1 aliphatic rings. The van der Waals surface area contributed by atoms with Crippen molar-refractivity contribution in [3.8, 4) is 0 Å². The second kappa shape index (κ2) is 4.33. The molecular weight excluding hydrogens is 214 g/mol. The van der Waals surface area contributed by atoms with E-state index < -0.39 is 0 Å². The normalized spacial score (nSPS) is 23.1. The smallest absolute Gasteiger partial charge is 0.171 e. The summed E-state index contributed by atoms with van der Waals surface area (Å²) in [6.07, 6.45) is 4.86. The molecule has 2 heterocycles. The maximum atomic E-state index is 9.64. The Balaban J connectivity index is 2.27. The van der Waals surface area contributed by atoms with Gasteiger partial charge in [0.05, 0.1) is 12.1 Å². The van der Waals surface area contributed by atoms with E-state index in [1.807, 2.05) is 4.90 Å². The maximum absolute atomic E-state index is 9.64. The van der Waals surface area contributed by atoms with Crippen LogP contribution in [0.3, 0.4) is 0 Å². The quantitative estimate of drug-likeness (QED) is 0.832. The molecule has 0 radical (unpaired) electrons. The molecule has 0 aliphatic carbocycles. The number of hydrogen-bond acceptors (Lipinski definition) is 4. The Morgan fingerprint density at radius 2 is 2.27 bits per heavy atom. The third-order valence-corrected chi connectivity index (χ3v) is 3.03. The van der Waals surface area contributed by atoms with Gasteiger partial charge in [-0.15, -0.1) is 0 Å². The van der Waals surface area contributed by atoms with Gasteiger partial charge in [0.1, 0.15) is 0 Å². The lowest BCUT2D eigenvalue weighted by Crippen LogP contribution is -2.38. The molecule has 1 N–H and O–H groups in total. The van der Waals surface area contributed by atoms with E-state index in [0.717, 1.165) is 19.4 Å². The summed E-state index contributed by atoms with van der Waals surface area (Å²) in [5.74, 6) is 0.683. The van der Waals surface area contributed by atoms with Gasteiger partial charge in [0.2, 0.25) is 0 Å². The predicted molar refractivity (Wildman–Crippen MR) is 59.1 cm³/mol. The second-order valence-electron chi connectivity index (χ2n) is 3.81. The summed E-state index contributed by atoms with van der Waals surface area (Å²) in [6, 6.07) is 0.110. The van der Waals surface area contributed by atoms with Crippen molar-refractivity contribution in [2.24, 2.45) is 0 Å². The zero-order valence-corrected chi connectivity index (χ0v) is 9.35. The number of aliphatic hydroxyl groups is 1. The van der Waals surface area contributed by atoms with Crippen molar-refractivity contribution in [3.05, 3.63) is 17.5 Å². The molecule has 0 aromatic carbocycles. The summed E-state index contributed by atoms with van der Waals surface area (Å²) >= 11 is 5.98. The average Bonchev–Trinajstić information content (AvgIpc) is 2.67. The first-order valence-electron chi connectivity index (χ1n) is 5.11. The Bertz CT molecular complexity index is 345. The number of nitrogens with zero attached hydrogens (tertiary/aromatic N) is 3. The van der Waals surface area contributed by atoms with Gasteiger partial charge in [0.25, 0.3) is 0 Å². The zero-order valence-electron chi connectivity index (χ0n) is 8.60. The van der Waals surface area contributed by atoms with Gasteiger partial charge in [0, 0.05) is 18.9 Å². The van der Waals surface area contributed by atoms with E-state index in [4.69, 9.17) is 11.6 Å². The van der Waals surface area contributed by atoms with Gasteiger partial charge in [-0.05, 0) is 19.8 Å². The number of anilines is 1. The first-order chi connectivity index (χ1) is 7.20. The predicted octanol–water partition coefficient (Wildman–Crippen LogP) is 1.48. The van der Waals surface area contributed by atoms with E-state index >= 15 is 0 Å². The van der Waals surface area contributed by atoms with Crippen molar-refractivity contribution in [2.75, 3.05) is 11.4 Å². The van der Waals surface area contributed by atoms with Crippen LogP contribution in [0.5, 0.6) is 0 Å². The van der Waals surface area contributed by atoms with Crippen LogP contribution in [0.15, 0.2) is 12.4 Å². The van der Waals surface area contributed by atoms with Gasteiger partial charge in [-0.3, -0.25) is 0 Å². The molecule has 2 rings (SSSR count). The van der Waals surface area contributed by atoms with E-state index in [1.54, 1.807) is 19.3 Å². The lowest BCUT2D eigenvalue weighted by atomic mass is 10.1. The van der Waals surface area contributed by atoms with Crippen LogP contribution in [0.1, 0.15) is 19.8 Å². The van der Waals surface area contributed by atoms with Crippen molar-refractivity contribution < 1.29 is 5.11 Å². The van der Waals surface area contributed by atoms with Crippen molar-refractivity contribution in [1.29, 1.82) is 0 Å². The van der Waals surface area contributed by atoms with Crippen LogP contribution >= 0.6 is 11.6 Å². The third kappa shape index (κ3) is 2.06. The molecule has 1 aromatic heterocycles. The number of aromatic nitrogens is 2. The highest BCUT2D eigenvalue weighted by Gasteiger charge is 2.30. The highest BCUT2D eigenvalue weighted by molar-refractivity contribution is 6.31. The monoisotopic (exact) mass is 227 g/mol. The number of hydrogen-bond donors (Lipinski definition) is 1. The van der Waals surface area contributed by atoms with E-state index in [1.165, 1.54) is 0 Å². The SMILES string of the molecule is C[C@H](O)[C@@H]1CCCN1c1nccnc1Cl. The Morgan fingerprint density at radius 3 is 2.93 bits per heavy atom. The summed E-state index contributed by atoms with van der Waals surface area (Å²) in [6.45, 7) is 2.68. The van der Waals surface area contributed by atoms with E-state index in [2.05, 4.69) is 9.97 Å². The standard InChI is InChI=1S/C10H14ClN3O/c1-7(15)8-3-2-6-14(8)10-9(11)12-4-5-13-10/h4-5,7-8,15H,2-3,6H2,1H3/t7-,8-/m0/s1. The van der Waals surface area contributed by atoms with Crippen molar-refractivity contribution in [1.82, 2.24) is 9.97 Å². The maximum Gasteiger partial charge on any atom is 0.171 e. The van der Waals surface area contributed by atoms with E-state index in [0.29, 0.717) is 11.0 Å². The molecule has 2 atom stereocenters. The largest absolute Gasteiger partial charge is 0.391 e. The van der Waals surface area contributed by atoms with Crippen LogP contribution in [-0.2, 0) is 0 Å². The van der Waals surface area contributed by atoms with Crippen LogP contribution in [0.2, 0.25) is 5.15 Å². The summed E-state index contributed by atoms with van der Waals surface area (Å²) in [5, 5.41) is 10.0. The minimum absolute atomic E-state index is 0.110. The molecular formula is C10H14ClN3O. The van der Waals surface area contributed by atoms with E-state index in [9.17, 15) is 5.11 Å². The Morgan fingerprint density at radius 1 is 1.53 bits per heavy atom. The zero-order chi connectivity index (χ0) is 10.8. The summed E-state index contributed by atoms with van der Waals surface area (Å²) < 4.78 is 0. The molecule has 4 nitrogen and oxygen atoms in total. The molecule has 0 unspecified atom stereocenters. The Labute approximate surface area is 93.9 Å². The minimum atomic E-state index is -0.370. The van der Waals surface area contributed by atoms with Crippen molar-refractivity contribution >= 4 is 17.4 Å². The lowest BCUT2D eigenvalue weighted by molar-refractivity contribution is 0.164. The van der Waals surface area contributed by atoms with Crippen LogP contribution in [-0.4, -0.2) is 33.8 Å². The highest BCUT2D eigenvalue weighted by atomic mass is 35.5. The van der Waals surface area contributed by atoms with Crippen molar-refractivity contribution in [2.45, 2.75) is 31.9 Å². The third-order valence-electron chi connectivity index (χ3n) is 2.76. The summed E-state index contributed by atoms with van der Waals surface area (Å²) in [7, 11) is 0. The summed E-state index contributed by atoms with van der Waals surface area (Å²) in [5.41, 5.74) is 0. The molecule has 15 heavy (non-hydrogen) atoms. The van der Waals surface area contributed by atoms with Gasteiger partial charge in [-0.25, -0.2) is 9.97 Å². The summed E-state index contributed by atoms with van der Waals surface area (Å²) in [4.78, 5) is 10.3. The van der Waals surface area contributed by atoms with Crippen LogP contribution in [0.4, 0.5) is 5.82 Å². The minimum Gasteiger partial charge on any atom is -0.391 e. The fourth-order valence-corrected chi connectivity index (χ4v) is 2.28. The first kappa shape index (κ1) is 10.6. The van der Waals surface area contributed by atoms with Crippen LogP contribution < -0.4 is 4.90 Å². The Kier molecular flexibility index (Phi) is 3.07.